The number of rotatable bonds is 8. The molecule has 0 spiro atoms. The van der Waals surface area contributed by atoms with E-state index in [1.165, 1.54) is 12.8 Å². The van der Waals surface area contributed by atoms with E-state index in [9.17, 15) is 0 Å². The van der Waals surface area contributed by atoms with Crippen LogP contribution in [0.15, 0.2) is 16.5 Å². The van der Waals surface area contributed by atoms with E-state index in [0.717, 1.165) is 24.0 Å². The van der Waals surface area contributed by atoms with Gasteiger partial charge >= 0.3 is 0 Å². The molecule has 0 saturated carbocycles. The molecule has 1 aromatic heterocycles. The highest BCUT2D eigenvalue weighted by Gasteiger charge is 2.21. The molecule has 0 aliphatic carbocycles. The van der Waals surface area contributed by atoms with Crippen molar-refractivity contribution >= 4 is 0 Å². The summed E-state index contributed by atoms with van der Waals surface area (Å²) < 4.78 is 5.68. The van der Waals surface area contributed by atoms with Crippen LogP contribution in [-0.4, -0.2) is 31.6 Å². The van der Waals surface area contributed by atoms with E-state index < -0.39 is 0 Å². The van der Waals surface area contributed by atoms with Crippen LogP contribution in [0.25, 0.3) is 0 Å². The molecule has 19 heavy (non-hydrogen) atoms. The number of furan rings is 1. The zero-order valence-electron chi connectivity index (χ0n) is 13.4. The molecular formula is C16H30N2O. The lowest BCUT2D eigenvalue weighted by Crippen LogP contribution is -2.43. The minimum absolute atomic E-state index is 0.269. The molecule has 0 aromatic carbocycles. The SMILES string of the molecule is CCC(CC)C(CNC(C)c1ccc(C)o1)N(C)C. The molecule has 0 aliphatic heterocycles. The normalized spacial score (nSPS) is 15.2. The minimum Gasteiger partial charge on any atom is -0.465 e. The minimum atomic E-state index is 0.269. The van der Waals surface area contributed by atoms with Gasteiger partial charge in [0.05, 0.1) is 6.04 Å². The molecule has 0 aliphatic rings. The van der Waals surface area contributed by atoms with Crippen molar-refractivity contribution in [3.05, 3.63) is 23.7 Å². The molecule has 0 amide bonds. The Kier molecular flexibility index (Phi) is 6.59. The summed E-state index contributed by atoms with van der Waals surface area (Å²) in [5.74, 6) is 2.75. The highest BCUT2D eigenvalue weighted by molar-refractivity contribution is 5.08. The van der Waals surface area contributed by atoms with Crippen LogP contribution in [0.5, 0.6) is 0 Å². The van der Waals surface area contributed by atoms with E-state index in [1.54, 1.807) is 0 Å². The summed E-state index contributed by atoms with van der Waals surface area (Å²) in [6.45, 7) is 9.72. The van der Waals surface area contributed by atoms with Crippen molar-refractivity contribution in [3.8, 4) is 0 Å². The molecule has 2 atom stereocenters. The number of hydrogen-bond donors (Lipinski definition) is 1. The zero-order chi connectivity index (χ0) is 14.4. The number of nitrogens with zero attached hydrogens (tertiary/aromatic N) is 1. The lowest BCUT2D eigenvalue weighted by molar-refractivity contribution is 0.188. The van der Waals surface area contributed by atoms with Crippen molar-refractivity contribution < 1.29 is 4.42 Å². The molecular weight excluding hydrogens is 236 g/mol. The van der Waals surface area contributed by atoms with Crippen LogP contribution in [0.2, 0.25) is 0 Å². The van der Waals surface area contributed by atoms with Gasteiger partial charge in [0.25, 0.3) is 0 Å². The van der Waals surface area contributed by atoms with Crippen molar-refractivity contribution in [3.63, 3.8) is 0 Å². The second kappa shape index (κ2) is 7.71. The van der Waals surface area contributed by atoms with Gasteiger partial charge in [0, 0.05) is 12.6 Å². The van der Waals surface area contributed by atoms with Crippen LogP contribution in [0.4, 0.5) is 0 Å². The van der Waals surface area contributed by atoms with Crippen LogP contribution in [0.1, 0.15) is 51.2 Å². The summed E-state index contributed by atoms with van der Waals surface area (Å²) in [7, 11) is 4.35. The lowest BCUT2D eigenvalue weighted by atomic mass is 9.93. The van der Waals surface area contributed by atoms with Gasteiger partial charge in [-0.05, 0) is 46.0 Å². The standard InChI is InChI=1S/C16H30N2O/c1-7-14(8-2)15(18(5)6)11-17-13(4)16-10-9-12(3)19-16/h9-10,13-15,17H,7-8,11H2,1-6H3. The molecule has 1 N–H and O–H groups in total. The highest BCUT2D eigenvalue weighted by Crippen LogP contribution is 2.19. The maximum Gasteiger partial charge on any atom is 0.120 e. The largest absolute Gasteiger partial charge is 0.465 e. The number of likely N-dealkylation sites (N-methyl/N-ethyl adjacent to an activating group) is 1. The van der Waals surface area contributed by atoms with E-state index in [1.807, 2.05) is 13.0 Å². The molecule has 3 heteroatoms. The Morgan fingerprint density at radius 1 is 1.21 bits per heavy atom. The second-order valence-corrected chi connectivity index (χ2v) is 5.69. The van der Waals surface area contributed by atoms with Crippen LogP contribution in [0, 0.1) is 12.8 Å². The number of hydrogen-bond acceptors (Lipinski definition) is 3. The quantitative estimate of drug-likeness (QED) is 0.779. The summed E-state index contributed by atoms with van der Waals surface area (Å²) in [5.41, 5.74) is 0. The summed E-state index contributed by atoms with van der Waals surface area (Å²) >= 11 is 0. The average Bonchev–Trinajstić information content (AvgIpc) is 2.80. The monoisotopic (exact) mass is 266 g/mol. The van der Waals surface area contributed by atoms with Gasteiger partial charge in [-0.15, -0.1) is 0 Å². The summed E-state index contributed by atoms with van der Waals surface area (Å²) in [6.07, 6.45) is 2.46. The van der Waals surface area contributed by atoms with Gasteiger partial charge in [-0.2, -0.15) is 0 Å². The predicted octanol–water partition coefficient (Wildman–Crippen LogP) is 3.61. The van der Waals surface area contributed by atoms with Gasteiger partial charge in [-0.1, -0.05) is 26.7 Å². The summed E-state index contributed by atoms with van der Waals surface area (Å²) in [5, 5.41) is 3.61. The maximum absolute atomic E-state index is 5.68. The Balaban J connectivity index is 2.56. The number of aryl methyl sites for hydroxylation is 1. The van der Waals surface area contributed by atoms with E-state index >= 15 is 0 Å². The van der Waals surface area contributed by atoms with E-state index in [2.05, 4.69) is 51.1 Å². The molecule has 1 rings (SSSR count). The van der Waals surface area contributed by atoms with Crippen molar-refractivity contribution in [2.75, 3.05) is 20.6 Å². The molecule has 2 unspecified atom stereocenters. The third kappa shape index (κ3) is 4.66. The van der Waals surface area contributed by atoms with Crippen molar-refractivity contribution in [2.45, 2.75) is 52.6 Å². The predicted molar refractivity (Wildman–Crippen MR) is 81.4 cm³/mol. The fourth-order valence-electron chi connectivity index (χ4n) is 2.69. The van der Waals surface area contributed by atoms with Crippen molar-refractivity contribution in [1.82, 2.24) is 10.2 Å². The van der Waals surface area contributed by atoms with Crippen molar-refractivity contribution in [1.29, 1.82) is 0 Å². The molecule has 0 bridgehead atoms. The summed E-state index contributed by atoms with van der Waals surface area (Å²) in [4.78, 5) is 2.34. The zero-order valence-corrected chi connectivity index (χ0v) is 13.4. The highest BCUT2D eigenvalue weighted by atomic mass is 16.3. The Bertz CT molecular complexity index is 355. The average molecular weight is 266 g/mol. The van der Waals surface area contributed by atoms with Crippen molar-refractivity contribution in [2.24, 2.45) is 5.92 Å². The maximum atomic E-state index is 5.68. The first-order chi connectivity index (χ1) is 8.99. The third-order valence-electron chi connectivity index (χ3n) is 4.08. The van der Waals surface area contributed by atoms with E-state index in [-0.39, 0.29) is 6.04 Å². The van der Waals surface area contributed by atoms with Gasteiger partial charge in [0.1, 0.15) is 11.5 Å². The first kappa shape index (κ1) is 16.3. The van der Waals surface area contributed by atoms with Gasteiger partial charge in [0.15, 0.2) is 0 Å². The van der Waals surface area contributed by atoms with Gasteiger partial charge in [0.2, 0.25) is 0 Å². The van der Waals surface area contributed by atoms with Crippen LogP contribution in [-0.2, 0) is 0 Å². The molecule has 110 valence electrons. The van der Waals surface area contributed by atoms with Gasteiger partial charge < -0.3 is 14.6 Å². The Labute approximate surface area is 118 Å². The lowest BCUT2D eigenvalue weighted by Gasteiger charge is -2.32. The van der Waals surface area contributed by atoms with Gasteiger partial charge in [-0.3, -0.25) is 0 Å². The molecule has 0 saturated heterocycles. The van der Waals surface area contributed by atoms with Gasteiger partial charge in [-0.25, -0.2) is 0 Å². The fraction of sp³-hybridized carbons (Fsp3) is 0.750. The van der Waals surface area contributed by atoms with E-state index in [4.69, 9.17) is 4.42 Å². The molecule has 1 heterocycles. The first-order valence-electron chi connectivity index (χ1n) is 7.45. The molecule has 0 fully saturated rings. The second-order valence-electron chi connectivity index (χ2n) is 5.69. The topological polar surface area (TPSA) is 28.4 Å². The Morgan fingerprint density at radius 3 is 2.26 bits per heavy atom. The molecule has 1 aromatic rings. The molecule has 3 nitrogen and oxygen atoms in total. The fourth-order valence-corrected chi connectivity index (χ4v) is 2.69. The smallest absolute Gasteiger partial charge is 0.120 e. The Morgan fingerprint density at radius 2 is 1.84 bits per heavy atom. The number of nitrogens with one attached hydrogen (secondary N) is 1. The molecule has 0 radical (unpaired) electrons. The van der Waals surface area contributed by atoms with Crippen LogP contribution >= 0.6 is 0 Å². The van der Waals surface area contributed by atoms with E-state index in [0.29, 0.717) is 6.04 Å². The van der Waals surface area contributed by atoms with Crippen LogP contribution < -0.4 is 5.32 Å². The first-order valence-corrected chi connectivity index (χ1v) is 7.45. The third-order valence-corrected chi connectivity index (χ3v) is 4.08. The summed E-state index contributed by atoms with van der Waals surface area (Å²) in [6, 6.07) is 4.94. The Hall–Kier alpha value is -0.800. The van der Waals surface area contributed by atoms with Crippen LogP contribution in [0.3, 0.4) is 0 Å².